The summed E-state index contributed by atoms with van der Waals surface area (Å²) in [5, 5.41) is 8.77. The zero-order valence-corrected chi connectivity index (χ0v) is 9.83. The maximum atomic E-state index is 10.9. The molecule has 2 aromatic rings. The van der Waals surface area contributed by atoms with Crippen LogP contribution in [0.25, 0.3) is 12.2 Å². The number of carboxylic acids is 1. The van der Waals surface area contributed by atoms with E-state index in [0.29, 0.717) is 5.56 Å². The highest BCUT2D eigenvalue weighted by molar-refractivity contribution is 5.88. The van der Waals surface area contributed by atoms with Gasteiger partial charge in [0, 0.05) is 11.8 Å². The van der Waals surface area contributed by atoms with Crippen molar-refractivity contribution in [2.24, 2.45) is 0 Å². The molecule has 19 heavy (non-hydrogen) atoms. The zero-order chi connectivity index (χ0) is 13.8. The minimum atomic E-state index is -0.968. The highest BCUT2D eigenvalue weighted by atomic mass is 16.4. The number of aromatic carboxylic acids is 1. The fraction of sp³-hybridized carbons (Fsp3) is 0. The van der Waals surface area contributed by atoms with Gasteiger partial charge in [0.25, 0.3) is 0 Å². The second-order valence-electron chi connectivity index (χ2n) is 3.82. The van der Waals surface area contributed by atoms with Crippen LogP contribution in [0.4, 0.5) is 5.82 Å². The van der Waals surface area contributed by atoms with E-state index in [9.17, 15) is 9.59 Å². The number of carbonyl (C=O) groups is 1. The molecule has 0 aliphatic heterocycles. The van der Waals surface area contributed by atoms with Gasteiger partial charge >= 0.3 is 11.7 Å². The number of benzene rings is 1. The molecule has 96 valence electrons. The first kappa shape index (κ1) is 12.6. The smallest absolute Gasteiger partial charge is 0.346 e. The molecule has 1 aromatic carbocycles. The summed E-state index contributed by atoms with van der Waals surface area (Å²) in [6.07, 6.45) is 4.81. The van der Waals surface area contributed by atoms with Gasteiger partial charge in [0.05, 0.1) is 5.56 Å². The van der Waals surface area contributed by atoms with Crippen LogP contribution in [-0.4, -0.2) is 21.0 Å². The third kappa shape index (κ3) is 3.06. The van der Waals surface area contributed by atoms with Crippen molar-refractivity contribution in [3.8, 4) is 0 Å². The number of aromatic nitrogens is 2. The molecule has 6 heteroatoms. The van der Waals surface area contributed by atoms with Crippen molar-refractivity contribution in [1.29, 1.82) is 0 Å². The van der Waals surface area contributed by atoms with Crippen LogP contribution in [0.5, 0.6) is 0 Å². The Labute approximate surface area is 108 Å². The van der Waals surface area contributed by atoms with Crippen molar-refractivity contribution in [2.75, 3.05) is 5.73 Å². The SMILES string of the molecule is Nc1[nH]c(=O)ncc1C=Cc1ccc(C(=O)O)cc1. The van der Waals surface area contributed by atoms with Crippen LogP contribution in [0.3, 0.4) is 0 Å². The van der Waals surface area contributed by atoms with Crippen LogP contribution in [-0.2, 0) is 0 Å². The maximum absolute atomic E-state index is 10.9. The number of aromatic amines is 1. The Kier molecular flexibility index (Phi) is 3.42. The van der Waals surface area contributed by atoms with Crippen molar-refractivity contribution in [1.82, 2.24) is 9.97 Å². The van der Waals surface area contributed by atoms with E-state index in [0.717, 1.165) is 5.56 Å². The molecule has 0 bridgehead atoms. The van der Waals surface area contributed by atoms with Gasteiger partial charge in [-0.25, -0.2) is 14.6 Å². The van der Waals surface area contributed by atoms with Crippen LogP contribution in [0.2, 0.25) is 0 Å². The Morgan fingerprint density at radius 2 is 1.95 bits per heavy atom. The predicted octanol–water partition coefficient (Wildman–Crippen LogP) is 1.22. The minimum absolute atomic E-state index is 0.224. The van der Waals surface area contributed by atoms with Crippen molar-refractivity contribution < 1.29 is 9.90 Å². The third-order valence-corrected chi connectivity index (χ3v) is 2.49. The largest absolute Gasteiger partial charge is 0.478 e. The lowest BCUT2D eigenvalue weighted by molar-refractivity contribution is 0.0697. The monoisotopic (exact) mass is 257 g/mol. The molecule has 6 nitrogen and oxygen atoms in total. The molecule has 0 atom stereocenters. The second-order valence-corrected chi connectivity index (χ2v) is 3.82. The highest BCUT2D eigenvalue weighted by Crippen LogP contribution is 2.11. The lowest BCUT2D eigenvalue weighted by Crippen LogP contribution is -2.12. The normalized spacial score (nSPS) is 10.7. The number of carboxylic acid groups (broad SMARTS) is 1. The predicted molar refractivity (Wildman–Crippen MR) is 71.6 cm³/mol. The quantitative estimate of drug-likeness (QED) is 0.766. The van der Waals surface area contributed by atoms with E-state index in [-0.39, 0.29) is 11.4 Å². The number of nitrogens with zero attached hydrogens (tertiary/aromatic N) is 1. The third-order valence-electron chi connectivity index (χ3n) is 2.49. The molecule has 0 amide bonds. The molecule has 0 saturated carbocycles. The summed E-state index contributed by atoms with van der Waals surface area (Å²) < 4.78 is 0. The van der Waals surface area contributed by atoms with Gasteiger partial charge in [-0.3, -0.25) is 4.98 Å². The Morgan fingerprint density at radius 3 is 2.53 bits per heavy atom. The fourth-order valence-electron chi connectivity index (χ4n) is 1.47. The molecule has 0 spiro atoms. The number of H-pyrrole nitrogens is 1. The van der Waals surface area contributed by atoms with Crippen LogP contribution in [0, 0.1) is 0 Å². The lowest BCUT2D eigenvalue weighted by Gasteiger charge is -1.98. The number of anilines is 1. The lowest BCUT2D eigenvalue weighted by atomic mass is 10.1. The van der Waals surface area contributed by atoms with Gasteiger partial charge in [-0.1, -0.05) is 18.2 Å². The molecule has 0 aliphatic carbocycles. The average molecular weight is 257 g/mol. The van der Waals surface area contributed by atoms with Crippen molar-refractivity contribution in [3.05, 3.63) is 57.6 Å². The molecule has 0 fully saturated rings. The summed E-state index contributed by atoms with van der Waals surface area (Å²) in [7, 11) is 0. The van der Waals surface area contributed by atoms with Crippen molar-refractivity contribution in [3.63, 3.8) is 0 Å². The zero-order valence-electron chi connectivity index (χ0n) is 9.83. The Hall–Kier alpha value is -2.89. The summed E-state index contributed by atoms with van der Waals surface area (Å²) in [5.74, 6) is -0.733. The molecule has 1 heterocycles. The number of hydrogen-bond donors (Lipinski definition) is 3. The van der Waals surface area contributed by atoms with E-state index in [1.54, 1.807) is 24.3 Å². The van der Waals surface area contributed by atoms with E-state index < -0.39 is 11.7 Å². The summed E-state index contributed by atoms with van der Waals surface area (Å²) >= 11 is 0. The van der Waals surface area contributed by atoms with Crippen LogP contribution in [0.1, 0.15) is 21.5 Å². The number of hydrogen-bond acceptors (Lipinski definition) is 4. The molecule has 0 radical (unpaired) electrons. The number of nitrogens with two attached hydrogens (primary N) is 1. The van der Waals surface area contributed by atoms with E-state index in [4.69, 9.17) is 10.8 Å². The molecular formula is C13H11N3O3. The van der Waals surface area contributed by atoms with Gasteiger partial charge in [-0.05, 0) is 23.8 Å². The first-order valence-corrected chi connectivity index (χ1v) is 5.42. The molecule has 0 unspecified atom stereocenters. The second kappa shape index (κ2) is 5.18. The molecular weight excluding hydrogens is 246 g/mol. The summed E-state index contributed by atoms with van der Waals surface area (Å²) in [6, 6.07) is 6.37. The van der Waals surface area contributed by atoms with E-state index in [1.807, 2.05) is 0 Å². The average Bonchev–Trinajstić information content (AvgIpc) is 2.38. The number of nitrogens with one attached hydrogen (secondary N) is 1. The van der Waals surface area contributed by atoms with Crippen LogP contribution in [0.15, 0.2) is 35.3 Å². The minimum Gasteiger partial charge on any atom is -0.478 e. The Bertz CT molecular complexity index is 687. The van der Waals surface area contributed by atoms with E-state index in [2.05, 4.69) is 9.97 Å². The maximum Gasteiger partial charge on any atom is 0.346 e. The highest BCUT2D eigenvalue weighted by Gasteiger charge is 2.00. The van der Waals surface area contributed by atoms with Gasteiger partial charge in [-0.2, -0.15) is 0 Å². The summed E-state index contributed by atoms with van der Waals surface area (Å²) in [4.78, 5) is 27.5. The summed E-state index contributed by atoms with van der Waals surface area (Å²) in [6.45, 7) is 0. The molecule has 2 rings (SSSR count). The first-order valence-electron chi connectivity index (χ1n) is 5.42. The van der Waals surface area contributed by atoms with Gasteiger partial charge in [0.2, 0.25) is 0 Å². The Balaban J connectivity index is 2.22. The first-order chi connectivity index (χ1) is 9.06. The molecule has 1 aromatic heterocycles. The van der Waals surface area contributed by atoms with Crippen molar-refractivity contribution >= 4 is 23.9 Å². The molecule has 0 aliphatic rings. The van der Waals surface area contributed by atoms with Crippen molar-refractivity contribution in [2.45, 2.75) is 0 Å². The van der Waals surface area contributed by atoms with Gasteiger partial charge in [0.1, 0.15) is 5.82 Å². The topological polar surface area (TPSA) is 109 Å². The standard InChI is InChI=1S/C13H11N3O3/c14-11-10(7-15-13(19)16-11)6-3-8-1-4-9(5-2-8)12(17)18/h1-7H,(H,17,18)(H3,14,15,16,19). The summed E-state index contributed by atoms with van der Waals surface area (Å²) in [5.41, 5.74) is 6.75. The molecule has 0 saturated heterocycles. The van der Waals surface area contributed by atoms with E-state index in [1.165, 1.54) is 18.3 Å². The Morgan fingerprint density at radius 1 is 1.26 bits per heavy atom. The van der Waals surface area contributed by atoms with E-state index >= 15 is 0 Å². The van der Waals surface area contributed by atoms with Gasteiger partial charge in [-0.15, -0.1) is 0 Å². The molecule has 4 N–H and O–H groups in total. The number of rotatable bonds is 3. The van der Waals surface area contributed by atoms with Crippen LogP contribution < -0.4 is 11.4 Å². The van der Waals surface area contributed by atoms with Gasteiger partial charge < -0.3 is 10.8 Å². The van der Waals surface area contributed by atoms with Gasteiger partial charge in [0.15, 0.2) is 0 Å². The fourth-order valence-corrected chi connectivity index (χ4v) is 1.47. The van der Waals surface area contributed by atoms with Crippen LogP contribution >= 0.6 is 0 Å². The number of nitrogen functional groups attached to an aromatic ring is 1.